The Morgan fingerprint density at radius 1 is 0.964 bits per heavy atom. The van der Waals surface area contributed by atoms with Gasteiger partial charge in [0.2, 0.25) is 5.91 Å². The van der Waals surface area contributed by atoms with Crippen LogP contribution in [0.4, 0.5) is 11.4 Å². The van der Waals surface area contributed by atoms with Gasteiger partial charge in [0.25, 0.3) is 0 Å². The lowest BCUT2D eigenvalue weighted by atomic mass is 10.1. The van der Waals surface area contributed by atoms with E-state index < -0.39 is 0 Å². The number of halogens is 2. The van der Waals surface area contributed by atoms with Crippen LogP contribution in [0.25, 0.3) is 0 Å². The Kier molecular flexibility index (Phi) is 11.0. The lowest BCUT2D eigenvalue weighted by molar-refractivity contribution is -0.116. The van der Waals surface area contributed by atoms with E-state index in [1.165, 1.54) is 16.8 Å². The first-order valence-electron chi connectivity index (χ1n) is 9.68. The zero-order valence-electron chi connectivity index (χ0n) is 16.2. The van der Waals surface area contributed by atoms with Crippen molar-refractivity contribution in [1.29, 1.82) is 0 Å². The van der Waals surface area contributed by atoms with Crippen molar-refractivity contribution in [3.8, 4) is 0 Å². The Bertz CT molecular complexity index is 739. The number of nitrogens with two attached hydrogens (primary N) is 1. The van der Waals surface area contributed by atoms with E-state index in [1.807, 2.05) is 18.2 Å². The van der Waals surface area contributed by atoms with Gasteiger partial charge in [0, 0.05) is 30.9 Å². The monoisotopic (exact) mass is 423 g/mol. The Hall–Kier alpha value is -1.75. The molecule has 1 aliphatic rings. The van der Waals surface area contributed by atoms with Crippen molar-refractivity contribution in [3.63, 3.8) is 0 Å². The molecule has 0 fully saturated rings. The third-order valence-corrected chi connectivity index (χ3v) is 4.99. The minimum Gasteiger partial charge on any atom is -0.367 e. The molecule has 1 aliphatic heterocycles. The Morgan fingerprint density at radius 3 is 2.50 bits per heavy atom. The summed E-state index contributed by atoms with van der Waals surface area (Å²) in [4.78, 5) is 14.7. The third-order valence-electron chi connectivity index (χ3n) is 4.99. The van der Waals surface area contributed by atoms with Gasteiger partial charge in [0.05, 0.1) is 0 Å². The lowest BCUT2D eigenvalue weighted by Gasteiger charge is -2.21. The number of nitrogens with zero attached hydrogens (tertiary/aromatic N) is 1. The third kappa shape index (κ3) is 6.69. The van der Waals surface area contributed by atoms with Crippen molar-refractivity contribution < 1.29 is 4.79 Å². The summed E-state index contributed by atoms with van der Waals surface area (Å²) in [5, 5.41) is 3.11. The quantitative estimate of drug-likeness (QED) is 0.561. The van der Waals surface area contributed by atoms with Crippen LogP contribution in [-0.2, 0) is 17.8 Å². The average molecular weight is 424 g/mol. The van der Waals surface area contributed by atoms with E-state index >= 15 is 0 Å². The molecule has 0 unspecified atom stereocenters. The Balaban J connectivity index is 0.00000196. The van der Waals surface area contributed by atoms with Crippen LogP contribution in [0.15, 0.2) is 48.5 Å². The predicted molar refractivity (Wildman–Crippen MR) is 123 cm³/mol. The molecule has 0 bridgehead atoms. The van der Waals surface area contributed by atoms with Crippen molar-refractivity contribution in [2.45, 2.75) is 45.1 Å². The average Bonchev–Trinajstić information content (AvgIpc) is 3.06. The molecule has 6 heteroatoms. The molecule has 0 saturated heterocycles. The molecule has 1 heterocycles. The smallest absolute Gasteiger partial charge is 0.224 e. The first kappa shape index (κ1) is 24.3. The summed E-state index contributed by atoms with van der Waals surface area (Å²) in [5.74, 6) is 0.104. The van der Waals surface area contributed by atoms with Gasteiger partial charge in [0.15, 0.2) is 0 Å². The van der Waals surface area contributed by atoms with Crippen molar-refractivity contribution in [3.05, 3.63) is 59.7 Å². The minimum absolute atomic E-state index is 0. The first-order valence-corrected chi connectivity index (χ1v) is 9.68. The number of fused-ring (bicyclic) bond motifs is 1. The highest BCUT2D eigenvalue weighted by Crippen LogP contribution is 2.30. The highest BCUT2D eigenvalue weighted by Gasteiger charge is 2.19. The second-order valence-electron chi connectivity index (χ2n) is 6.96. The van der Waals surface area contributed by atoms with Crippen molar-refractivity contribution in [1.82, 2.24) is 0 Å². The summed E-state index contributed by atoms with van der Waals surface area (Å²) in [5.41, 5.74) is 10.3. The van der Waals surface area contributed by atoms with Gasteiger partial charge in [-0.15, -0.1) is 24.8 Å². The van der Waals surface area contributed by atoms with Gasteiger partial charge in [-0.05, 0) is 49.1 Å². The summed E-state index contributed by atoms with van der Waals surface area (Å²) in [6.07, 6.45) is 5.81. The van der Waals surface area contributed by atoms with Crippen LogP contribution >= 0.6 is 24.8 Å². The minimum atomic E-state index is 0. The maximum Gasteiger partial charge on any atom is 0.224 e. The first-order chi connectivity index (χ1) is 12.8. The molecule has 154 valence electrons. The topological polar surface area (TPSA) is 58.4 Å². The molecule has 0 aliphatic carbocycles. The summed E-state index contributed by atoms with van der Waals surface area (Å²) < 4.78 is 0. The van der Waals surface area contributed by atoms with Crippen molar-refractivity contribution >= 4 is 42.1 Å². The molecule has 0 spiro atoms. The maximum atomic E-state index is 12.3. The van der Waals surface area contributed by atoms with Crippen LogP contribution in [0.1, 0.15) is 43.2 Å². The molecule has 3 N–H and O–H groups in total. The summed E-state index contributed by atoms with van der Waals surface area (Å²) in [6, 6.07) is 16.7. The second kappa shape index (κ2) is 12.7. The maximum absolute atomic E-state index is 12.3. The van der Waals surface area contributed by atoms with Gasteiger partial charge in [-0.25, -0.2) is 0 Å². The predicted octanol–water partition coefficient (Wildman–Crippen LogP) is 4.94. The largest absolute Gasteiger partial charge is 0.367 e. The fourth-order valence-corrected chi connectivity index (χ4v) is 3.55. The molecule has 2 aromatic carbocycles. The van der Waals surface area contributed by atoms with E-state index in [0.29, 0.717) is 6.42 Å². The van der Waals surface area contributed by atoms with E-state index in [0.717, 1.165) is 57.4 Å². The van der Waals surface area contributed by atoms with Gasteiger partial charge >= 0.3 is 0 Å². The normalized spacial score (nSPS) is 12.0. The Morgan fingerprint density at radius 2 is 1.68 bits per heavy atom. The number of unbranched alkanes of at least 4 members (excludes halogenated alkanes) is 3. The molecule has 1 amide bonds. The molecule has 0 aromatic heterocycles. The number of para-hydroxylation sites is 2. The molecule has 3 rings (SSSR count). The second-order valence-corrected chi connectivity index (χ2v) is 6.96. The van der Waals surface area contributed by atoms with E-state index in [-0.39, 0.29) is 30.7 Å². The molecule has 0 radical (unpaired) electrons. The summed E-state index contributed by atoms with van der Waals surface area (Å²) >= 11 is 0. The van der Waals surface area contributed by atoms with E-state index in [9.17, 15) is 4.79 Å². The molecule has 28 heavy (non-hydrogen) atoms. The zero-order valence-corrected chi connectivity index (χ0v) is 17.9. The van der Waals surface area contributed by atoms with Crippen LogP contribution in [0, 0.1) is 0 Å². The van der Waals surface area contributed by atoms with Gasteiger partial charge in [-0.1, -0.05) is 49.2 Å². The van der Waals surface area contributed by atoms with Gasteiger partial charge in [-0.2, -0.15) is 0 Å². The molecular weight excluding hydrogens is 393 g/mol. The van der Waals surface area contributed by atoms with E-state index in [2.05, 4.69) is 40.5 Å². The number of nitrogens with one attached hydrogen (secondary N) is 1. The van der Waals surface area contributed by atoms with E-state index in [4.69, 9.17) is 5.73 Å². The number of amides is 1. The van der Waals surface area contributed by atoms with Crippen LogP contribution in [-0.4, -0.2) is 19.0 Å². The standard InChI is InChI=1S/C22H29N3O.2ClH/c23-15-8-2-1-3-13-22(26)24-20-11-6-4-10-19(20)17-25-16-14-18-9-5-7-12-21(18)25;;/h4-7,9-12H,1-3,8,13-17,23H2,(H,24,26);2*1H. The number of hydrogen-bond acceptors (Lipinski definition) is 3. The highest BCUT2D eigenvalue weighted by molar-refractivity contribution is 5.91. The fraction of sp³-hybridized carbons (Fsp3) is 0.409. The van der Waals surface area contributed by atoms with E-state index in [1.54, 1.807) is 0 Å². The van der Waals surface area contributed by atoms with Crippen LogP contribution < -0.4 is 16.0 Å². The molecule has 2 aromatic rings. The summed E-state index contributed by atoms with van der Waals surface area (Å²) in [6.45, 7) is 2.59. The molecule has 4 nitrogen and oxygen atoms in total. The number of carbonyl (C=O) groups is 1. The zero-order chi connectivity index (χ0) is 18.2. The van der Waals surface area contributed by atoms with Gasteiger partial charge < -0.3 is 16.0 Å². The lowest BCUT2D eigenvalue weighted by Crippen LogP contribution is -2.21. The molecule has 0 atom stereocenters. The van der Waals surface area contributed by atoms with Crippen molar-refractivity contribution in [2.24, 2.45) is 5.73 Å². The molecule has 0 saturated carbocycles. The van der Waals surface area contributed by atoms with Crippen LogP contribution in [0.3, 0.4) is 0 Å². The van der Waals surface area contributed by atoms with Crippen LogP contribution in [0.2, 0.25) is 0 Å². The highest BCUT2D eigenvalue weighted by atomic mass is 35.5. The Labute approximate surface area is 180 Å². The number of benzene rings is 2. The SMILES string of the molecule is Cl.Cl.NCCCCCCC(=O)Nc1ccccc1CN1CCc2ccccc21. The summed E-state index contributed by atoms with van der Waals surface area (Å²) in [7, 11) is 0. The number of carbonyl (C=O) groups excluding carboxylic acids is 1. The van der Waals surface area contributed by atoms with Crippen molar-refractivity contribution in [2.75, 3.05) is 23.3 Å². The van der Waals surface area contributed by atoms with Crippen LogP contribution in [0.5, 0.6) is 0 Å². The van der Waals surface area contributed by atoms with Gasteiger partial charge in [-0.3, -0.25) is 4.79 Å². The fourth-order valence-electron chi connectivity index (χ4n) is 3.55. The number of rotatable bonds is 9. The van der Waals surface area contributed by atoms with Gasteiger partial charge in [0.1, 0.15) is 0 Å². The molecular formula is C22H31Cl2N3O. The number of hydrogen-bond donors (Lipinski definition) is 2. The number of anilines is 2.